The zero-order valence-corrected chi connectivity index (χ0v) is 26.9. The van der Waals surface area contributed by atoms with Crippen LogP contribution in [0.25, 0.3) is 0 Å². The van der Waals surface area contributed by atoms with Crippen LogP contribution in [0.1, 0.15) is 56.2 Å². The Balaban J connectivity index is 1.40. The standard InChI is InChI=1S/C37H47N3O6/c1-27(2)34(40-37(43)45-26-30-18-10-5-11-19-30)36(42)39-32(24-29-16-8-4-9-17-29)35(41)38-25-31(46-33-20-12-13-23-44-33)22-21-28-14-6-3-7-15-28/h3-11,14-19,27,31-34H,12-13,20-26H2,1-2H3,(H,38,41)(H,39,42)(H,40,43)/t31?,32-,33?,34-/m0/s1. The fraction of sp³-hybridized carbons (Fsp3) is 0.432. The minimum absolute atomic E-state index is 0.0809. The molecule has 0 spiro atoms. The smallest absolute Gasteiger partial charge is 0.408 e. The number of hydrogen-bond acceptors (Lipinski definition) is 6. The van der Waals surface area contributed by atoms with Gasteiger partial charge in [0.15, 0.2) is 6.29 Å². The van der Waals surface area contributed by atoms with Gasteiger partial charge in [0, 0.05) is 19.6 Å². The van der Waals surface area contributed by atoms with Gasteiger partial charge in [0.25, 0.3) is 0 Å². The molecule has 3 amide bonds. The van der Waals surface area contributed by atoms with Crippen LogP contribution in [0.4, 0.5) is 4.79 Å². The zero-order chi connectivity index (χ0) is 32.6. The number of carbonyl (C=O) groups is 3. The molecule has 9 nitrogen and oxygen atoms in total. The maximum absolute atomic E-state index is 13.7. The molecule has 1 fully saturated rings. The van der Waals surface area contributed by atoms with E-state index in [1.807, 2.05) is 92.7 Å². The average Bonchev–Trinajstić information content (AvgIpc) is 3.08. The first kappa shape index (κ1) is 34.7. The fourth-order valence-corrected chi connectivity index (χ4v) is 5.31. The van der Waals surface area contributed by atoms with Crippen molar-refractivity contribution in [3.05, 3.63) is 108 Å². The topological polar surface area (TPSA) is 115 Å². The zero-order valence-electron chi connectivity index (χ0n) is 26.9. The van der Waals surface area contributed by atoms with Crippen molar-refractivity contribution in [3.8, 4) is 0 Å². The number of alkyl carbamates (subject to hydrolysis) is 1. The van der Waals surface area contributed by atoms with Gasteiger partial charge in [-0.25, -0.2) is 4.79 Å². The van der Waals surface area contributed by atoms with Crippen LogP contribution in [-0.4, -0.2) is 55.5 Å². The Morgan fingerprint density at radius 3 is 2.04 bits per heavy atom. The second-order valence-electron chi connectivity index (χ2n) is 12.0. The van der Waals surface area contributed by atoms with Crippen LogP contribution in [0.5, 0.6) is 0 Å². The minimum Gasteiger partial charge on any atom is -0.445 e. The quantitative estimate of drug-likeness (QED) is 0.198. The van der Waals surface area contributed by atoms with Crippen molar-refractivity contribution in [3.63, 3.8) is 0 Å². The highest BCUT2D eigenvalue weighted by Crippen LogP contribution is 2.18. The van der Waals surface area contributed by atoms with Gasteiger partial charge in [0.05, 0.1) is 6.10 Å². The Labute approximate surface area is 272 Å². The summed E-state index contributed by atoms with van der Waals surface area (Å²) in [5.74, 6) is -1.05. The van der Waals surface area contributed by atoms with Crippen molar-refractivity contribution in [1.29, 1.82) is 0 Å². The molecule has 3 aromatic rings. The number of amides is 3. The van der Waals surface area contributed by atoms with E-state index in [0.717, 1.165) is 36.8 Å². The number of ether oxygens (including phenoxy) is 3. The number of nitrogens with one attached hydrogen (secondary N) is 3. The second kappa shape index (κ2) is 18.7. The van der Waals surface area contributed by atoms with Crippen molar-refractivity contribution < 1.29 is 28.6 Å². The average molecular weight is 630 g/mol. The number of carbonyl (C=O) groups excluding carboxylic acids is 3. The largest absolute Gasteiger partial charge is 0.445 e. The summed E-state index contributed by atoms with van der Waals surface area (Å²) in [6.07, 6.45) is 3.37. The van der Waals surface area contributed by atoms with E-state index in [4.69, 9.17) is 14.2 Å². The van der Waals surface area contributed by atoms with Gasteiger partial charge in [0.1, 0.15) is 18.7 Å². The van der Waals surface area contributed by atoms with E-state index >= 15 is 0 Å². The lowest BCUT2D eigenvalue weighted by molar-refractivity contribution is -0.188. The molecule has 1 aliphatic rings. The molecule has 4 rings (SSSR count). The van der Waals surface area contributed by atoms with Gasteiger partial charge >= 0.3 is 6.09 Å². The third kappa shape index (κ3) is 11.9. The molecular weight excluding hydrogens is 582 g/mol. The maximum Gasteiger partial charge on any atom is 0.408 e. The van der Waals surface area contributed by atoms with Crippen LogP contribution in [0, 0.1) is 5.92 Å². The predicted octanol–water partition coefficient (Wildman–Crippen LogP) is 5.33. The first-order valence-electron chi connectivity index (χ1n) is 16.3. The Hall–Kier alpha value is -4.21. The van der Waals surface area contributed by atoms with Crippen LogP contribution >= 0.6 is 0 Å². The first-order chi connectivity index (χ1) is 22.4. The molecule has 0 aliphatic carbocycles. The molecular formula is C37H47N3O6. The number of rotatable bonds is 16. The molecule has 2 unspecified atom stereocenters. The number of aryl methyl sites for hydroxylation is 1. The molecule has 3 aromatic carbocycles. The molecule has 1 heterocycles. The van der Waals surface area contributed by atoms with Gasteiger partial charge in [-0.15, -0.1) is 0 Å². The summed E-state index contributed by atoms with van der Waals surface area (Å²) in [6, 6.07) is 27.2. The summed E-state index contributed by atoms with van der Waals surface area (Å²) in [5, 5.41) is 8.62. The summed E-state index contributed by atoms with van der Waals surface area (Å²) in [5.41, 5.74) is 2.92. The lowest BCUT2D eigenvalue weighted by atomic mass is 10.0. The predicted molar refractivity (Wildman–Crippen MR) is 177 cm³/mol. The van der Waals surface area contributed by atoms with Crippen molar-refractivity contribution in [2.24, 2.45) is 5.92 Å². The summed E-state index contributed by atoms with van der Waals surface area (Å²) in [4.78, 5) is 39.9. The van der Waals surface area contributed by atoms with Crippen LogP contribution in [0.15, 0.2) is 91.0 Å². The third-order valence-electron chi connectivity index (χ3n) is 7.93. The minimum atomic E-state index is -0.903. The molecule has 0 bridgehead atoms. The summed E-state index contributed by atoms with van der Waals surface area (Å²) in [6.45, 7) is 4.67. The highest BCUT2D eigenvalue weighted by Gasteiger charge is 2.30. The van der Waals surface area contributed by atoms with Crippen molar-refractivity contribution in [1.82, 2.24) is 16.0 Å². The van der Waals surface area contributed by atoms with Gasteiger partial charge in [-0.1, -0.05) is 105 Å². The van der Waals surface area contributed by atoms with Crippen LogP contribution in [0.3, 0.4) is 0 Å². The molecule has 0 radical (unpaired) electrons. The fourth-order valence-electron chi connectivity index (χ4n) is 5.31. The summed E-state index contributed by atoms with van der Waals surface area (Å²) in [7, 11) is 0. The molecule has 0 aromatic heterocycles. The van der Waals surface area contributed by atoms with E-state index < -0.39 is 24.1 Å². The summed E-state index contributed by atoms with van der Waals surface area (Å²) < 4.78 is 17.5. The Morgan fingerprint density at radius 2 is 1.43 bits per heavy atom. The Bertz CT molecular complexity index is 1330. The monoisotopic (exact) mass is 629 g/mol. The van der Waals surface area contributed by atoms with Gasteiger partial charge < -0.3 is 30.2 Å². The lowest BCUT2D eigenvalue weighted by Gasteiger charge is -2.29. The van der Waals surface area contributed by atoms with Gasteiger partial charge in [-0.3, -0.25) is 9.59 Å². The number of benzene rings is 3. The molecule has 46 heavy (non-hydrogen) atoms. The summed E-state index contributed by atoms with van der Waals surface area (Å²) >= 11 is 0. The van der Waals surface area contributed by atoms with Crippen LogP contribution < -0.4 is 16.0 Å². The van der Waals surface area contributed by atoms with E-state index in [0.29, 0.717) is 13.0 Å². The molecule has 9 heteroatoms. The highest BCUT2D eigenvalue weighted by molar-refractivity contribution is 5.91. The van der Waals surface area contributed by atoms with E-state index in [1.165, 1.54) is 5.56 Å². The highest BCUT2D eigenvalue weighted by atomic mass is 16.7. The van der Waals surface area contributed by atoms with Crippen molar-refractivity contribution in [2.75, 3.05) is 13.2 Å². The first-order valence-corrected chi connectivity index (χ1v) is 16.3. The number of hydrogen-bond donors (Lipinski definition) is 3. The van der Waals surface area contributed by atoms with Crippen LogP contribution in [-0.2, 0) is 43.2 Å². The second-order valence-corrected chi connectivity index (χ2v) is 12.0. The van der Waals surface area contributed by atoms with Crippen LogP contribution in [0.2, 0.25) is 0 Å². The molecule has 3 N–H and O–H groups in total. The van der Waals surface area contributed by atoms with Gasteiger partial charge in [0.2, 0.25) is 11.8 Å². The van der Waals surface area contributed by atoms with E-state index in [2.05, 4.69) is 28.1 Å². The lowest BCUT2D eigenvalue weighted by Crippen LogP contribution is -2.56. The SMILES string of the molecule is CC(C)[C@H](NC(=O)OCc1ccccc1)C(=O)N[C@@H](Cc1ccccc1)C(=O)NCC(CCc1ccccc1)OC1CCCCO1. The molecule has 1 aliphatic heterocycles. The van der Waals surface area contributed by atoms with Gasteiger partial charge in [-0.2, -0.15) is 0 Å². The maximum atomic E-state index is 13.7. The molecule has 0 saturated carbocycles. The van der Waals surface area contributed by atoms with E-state index in [1.54, 1.807) is 0 Å². The molecule has 1 saturated heterocycles. The Kier molecular flexibility index (Phi) is 14.1. The Morgan fingerprint density at radius 1 is 0.804 bits per heavy atom. The van der Waals surface area contributed by atoms with Crippen molar-refractivity contribution >= 4 is 17.9 Å². The van der Waals surface area contributed by atoms with Gasteiger partial charge in [-0.05, 0) is 54.7 Å². The normalized spacial score (nSPS) is 16.5. The van der Waals surface area contributed by atoms with Crippen molar-refractivity contribution in [2.45, 2.75) is 83.5 Å². The van der Waals surface area contributed by atoms with E-state index in [9.17, 15) is 14.4 Å². The molecule has 4 atom stereocenters. The van der Waals surface area contributed by atoms with E-state index in [-0.39, 0.29) is 43.8 Å². The molecule has 246 valence electrons. The third-order valence-corrected chi connectivity index (χ3v) is 7.93.